The van der Waals surface area contributed by atoms with Gasteiger partial charge >= 0.3 is 0 Å². The number of anilines is 1. The van der Waals surface area contributed by atoms with Crippen molar-refractivity contribution in [3.63, 3.8) is 0 Å². The standard InChI is InChI=1S/C10H19N3O2S/c1-10(6-14,7-15)12-5-8-4-11-9(16-8)13(2)3/h4,12,14-15H,5-7H2,1-3H3. The van der Waals surface area contributed by atoms with Crippen molar-refractivity contribution in [2.75, 3.05) is 32.2 Å². The first-order valence-corrected chi connectivity index (χ1v) is 5.91. The van der Waals surface area contributed by atoms with E-state index in [0.717, 1.165) is 10.0 Å². The molecule has 6 heteroatoms. The maximum Gasteiger partial charge on any atom is 0.185 e. The summed E-state index contributed by atoms with van der Waals surface area (Å²) in [4.78, 5) is 7.28. The van der Waals surface area contributed by atoms with Gasteiger partial charge in [-0.05, 0) is 6.92 Å². The summed E-state index contributed by atoms with van der Waals surface area (Å²) in [5.41, 5.74) is -0.637. The van der Waals surface area contributed by atoms with Crippen LogP contribution in [-0.2, 0) is 6.54 Å². The Morgan fingerprint density at radius 2 is 2.06 bits per heavy atom. The maximum atomic E-state index is 9.11. The Morgan fingerprint density at radius 3 is 2.50 bits per heavy atom. The van der Waals surface area contributed by atoms with Crippen LogP contribution in [0.3, 0.4) is 0 Å². The molecule has 0 aromatic carbocycles. The van der Waals surface area contributed by atoms with Crippen LogP contribution in [0.15, 0.2) is 6.20 Å². The quantitative estimate of drug-likeness (QED) is 0.660. The molecule has 0 aliphatic carbocycles. The SMILES string of the molecule is CN(C)c1ncc(CNC(C)(CO)CO)s1. The molecular weight excluding hydrogens is 226 g/mol. The Kier molecular flexibility index (Phi) is 4.67. The topological polar surface area (TPSA) is 68.6 Å². The van der Waals surface area contributed by atoms with Crippen molar-refractivity contribution in [1.82, 2.24) is 10.3 Å². The van der Waals surface area contributed by atoms with Crippen LogP contribution in [0.5, 0.6) is 0 Å². The fourth-order valence-electron chi connectivity index (χ4n) is 1.05. The summed E-state index contributed by atoms with van der Waals surface area (Å²) in [7, 11) is 3.89. The molecule has 0 atom stereocenters. The van der Waals surface area contributed by atoms with Gasteiger partial charge in [0, 0.05) is 31.7 Å². The molecule has 0 radical (unpaired) electrons. The third kappa shape index (κ3) is 3.41. The van der Waals surface area contributed by atoms with Crippen molar-refractivity contribution in [2.24, 2.45) is 0 Å². The highest BCUT2D eigenvalue weighted by Gasteiger charge is 2.21. The largest absolute Gasteiger partial charge is 0.394 e. The molecule has 0 saturated heterocycles. The lowest BCUT2D eigenvalue weighted by atomic mass is 10.1. The highest BCUT2D eigenvalue weighted by atomic mass is 32.1. The van der Waals surface area contributed by atoms with Crippen molar-refractivity contribution >= 4 is 16.5 Å². The lowest BCUT2D eigenvalue weighted by molar-refractivity contribution is 0.103. The number of aliphatic hydroxyl groups is 2. The second-order valence-electron chi connectivity index (χ2n) is 4.23. The van der Waals surface area contributed by atoms with Crippen molar-refractivity contribution in [3.05, 3.63) is 11.1 Å². The van der Waals surface area contributed by atoms with E-state index < -0.39 is 5.54 Å². The molecule has 1 rings (SSSR count). The fraction of sp³-hybridized carbons (Fsp3) is 0.700. The molecule has 0 unspecified atom stereocenters. The Morgan fingerprint density at radius 1 is 1.44 bits per heavy atom. The highest BCUT2D eigenvalue weighted by Crippen LogP contribution is 2.20. The minimum atomic E-state index is -0.637. The third-order valence-electron chi connectivity index (χ3n) is 2.31. The molecule has 0 aliphatic heterocycles. The lowest BCUT2D eigenvalue weighted by Crippen LogP contribution is -2.48. The summed E-state index contributed by atoms with van der Waals surface area (Å²) in [5.74, 6) is 0. The van der Waals surface area contributed by atoms with E-state index in [9.17, 15) is 0 Å². The minimum Gasteiger partial charge on any atom is -0.394 e. The van der Waals surface area contributed by atoms with Crippen molar-refractivity contribution in [3.8, 4) is 0 Å². The third-order valence-corrected chi connectivity index (χ3v) is 3.48. The zero-order chi connectivity index (χ0) is 12.2. The van der Waals surface area contributed by atoms with E-state index in [4.69, 9.17) is 10.2 Å². The van der Waals surface area contributed by atoms with Crippen molar-refractivity contribution in [1.29, 1.82) is 0 Å². The van der Waals surface area contributed by atoms with Gasteiger partial charge < -0.3 is 20.4 Å². The summed E-state index contributed by atoms with van der Waals surface area (Å²) in [6.45, 7) is 2.19. The van der Waals surface area contributed by atoms with Gasteiger partial charge in [-0.15, -0.1) is 11.3 Å². The molecule has 0 amide bonds. The first-order chi connectivity index (χ1) is 7.50. The monoisotopic (exact) mass is 245 g/mol. The van der Waals surface area contributed by atoms with E-state index in [1.165, 1.54) is 0 Å². The summed E-state index contributed by atoms with van der Waals surface area (Å²) >= 11 is 1.59. The molecule has 1 heterocycles. The molecule has 1 aromatic rings. The average molecular weight is 245 g/mol. The van der Waals surface area contributed by atoms with Crippen LogP contribution < -0.4 is 10.2 Å². The zero-order valence-electron chi connectivity index (χ0n) is 9.90. The highest BCUT2D eigenvalue weighted by molar-refractivity contribution is 7.15. The van der Waals surface area contributed by atoms with E-state index in [-0.39, 0.29) is 13.2 Å². The number of aliphatic hydroxyl groups excluding tert-OH is 2. The molecule has 0 aliphatic rings. The first-order valence-electron chi connectivity index (χ1n) is 5.09. The normalized spacial score (nSPS) is 11.8. The van der Waals surface area contributed by atoms with E-state index in [0.29, 0.717) is 6.54 Å². The molecular formula is C10H19N3O2S. The predicted molar refractivity (Wildman–Crippen MR) is 65.9 cm³/mol. The van der Waals surface area contributed by atoms with E-state index in [2.05, 4.69) is 10.3 Å². The molecule has 1 aromatic heterocycles. The molecule has 0 spiro atoms. The molecule has 0 saturated carbocycles. The van der Waals surface area contributed by atoms with Gasteiger partial charge in [0.05, 0.1) is 18.8 Å². The second kappa shape index (κ2) is 5.58. The molecule has 92 valence electrons. The maximum absolute atomic E-state index is 9.11. The van der Waals surface area contributed by atoms with Gasteiger partial charge in [0.2, 0.25) is 0 Å². The van der Waals surface area contributed by atoms with Crippen LogP contribution in [-0.4, -0.2) is 48.0 Å². The average Bonchev–Trinajstić information content (AvgIpc) is 2.75. The number of aromatic nitrogens is 1. The first kappa shape index (κ1) is 13.4. The predicted octanol–water partition coefficient (Wildman–Crippen LogP) is 0.0420. The smallest absolute Gasteiger partial charge is 0.185 e. The van der Waals surface area contributed by atoms with Crippen LogP contribution in [0.1, 0.15) is 11.8 Å². The van der Waals surface area contributed by atoms with Crippen LogP contribution in [0, 0.1) is 0 Å². The fourth-order valence-corrected chi connectivity index (χ4v) is 1.82. The number of rotatable bonds is 6. The minimum absolute atomic E-state index is 0.0944. The van der Waals surface area contributed by atoms with Crippen molar-refractivity contribution < 1.29 is 10.2 Å². The number of nitrogens with zero attached hydrogens (tertiary/aromatic N) is 2. The Labute approximate surface area is 99.7 Å². The summed E-state index contributed by atoms with van der Waals surface area (Å²) < 4.78 is 0. The summed E-state index contributed by atoms with van der Waals surface area (Å²) in [6.07, 6.45) is 1.81. The molecule has 16 heavy (non-hydrogen) atoms. The molecule has 0 bridgehead atoms. The van der Waals surface area contributed by atoms with Crippen molar-refractivity contribution in [2.45, 2.75) is 19.0 Å². The zero-order valence-corrected chi connectivity index (χ0v) is 10.7. The number of hydrogen-bond acceptors (Lipinski definition) is 6. The Balaban J connectivity index is 2.54. The van der Waals surface area contributed by atoms with Crippen LogP contribution in [0.25, 0.3) is 0 Å². The Hall–Kier alpha value is -0.690. The van der Waals surface area contributed by atoms with Gasteiger partial charge in [-0.2, -0.15) is 0 Å². The number of nitrogens with one attached hydrogen (secondary N) is 1. The van der Waals surface area contributed by atoms with Gasteiger partial charge in [-0.25, -0.2) is 4.98 Å². The molecule has 0 fully saturated rings. The van der Waals surface area contributed by atoms with E-state index >= 15 is 0 Å². The summed E-state index contributed by atoms with van der Waals surface area (Å²) in [5, 5.41) is 22.3. The summed E-state index contributed by atoms with van der Waals surface area (Å²) in [6, 6.07) is 0. The van der Waals surface area contributed by atoms with Gasteiger partial charge in [0.25, 0.3) is 0 Å². The van der Waals surface area contributed by atoms with E-state index in [1.807, 2.05) is 25.2 Å². The van der Waals surface area contributed by atoms with Gasteiger partial charge in [0.15, 0.2) is 5.13 Å². The van der Waals surface area contributed by atoms with Gasteiger partial charge in [-0.1, -0.05) is 0 Å². The van der Waals surface area contributed by atoms with Gasteiger partial charge in [-0.3, -0.25) is 0 Å². The van der Waals surface area contributed by atoms with Crippen LogP contribution in [0.4, 0.5) is 5.13 Å². The molecule has 5 nitrogen and oxygen atoms in total. The van der Waals surface area contributed by atoms with Gasteiger partial charge in [0.1, 0.15) is 0 Å². The second-order valence-corrected chi connectivity index (χ2v) is 5.33. The lowest BCUT2D eigenvalue weighted by Gasteiger charge is -2.25. The number of thiazole rings is 1. The number of hydrogen-bond donors (Lipinski definition) is 3. The van der Waals surface area contributed by atoms with Crippen LogP contribution >= 0.6 is 11.3 Å². The van der Waals surface area contributed by atoms with Crippen LogP contribution in [0.2, 0.25) is 0 Å². The Bertz CT molecular complexity index is 324. The molecule has 3 N–H and O–H groups in total. The van der Waals surface area contributed by atoms with E-state index in [1.54, 1.807) is 18.3 Å².